The third kappa shape index (κ3) is 1.96. The van der Waals surface area contributed by atoms with E-state index in [-0.39, 0.29) is 11.4 Å². The molecule has 1 saturated heterocycles. The first-order valence-electron chi connectivity index (χ1n) is 7.72. The molecule has 0 spiro atoms. The summed E-state index contributed by atoms with van der Waals surface area (Å²) < 4.78 is 19.5. The van der Waals surface area contributed by atoms with Crippen molar-refractivity contribution in [3.05, 3.63) is 35.8 Å². The molecular formula is C17H20FNO. The summed E-state index contributed by atoms with van der Waals surface area (Å²) in [5, 5.41) is 4.64. The van der Waals surface area contributed by atoms with Crippen LogP contribution in [0, 0.1) is 11.7 Å². The molecule has 106 valence electrons. The molecule has 2 heterocycles. The lowest BCUT2D eigenvalue weighted by Crippen LogP contribution is -2.43. The minimum Gasteiger partial charge on any atom is -0.459 e. The van der Waals surface area contributed by atoms with Gasteiger partial charge in [-0.05, 0) is 62.4 Å². The van der Waals surface area contributed by atoms with E-state index in [4.69, 9.17) is 4.42 Å². The lowest BCUT2D eigenvalue weighted by Gasteiger charge is -2.32. The second-order valence-corrected chi connectivity index (χ2v) is 6.28. The average molecular weight is 273 g/mol. The molecule has 20 heavy (non-hydrogen) atoms. The Morgan fingerprint density at radius 3 is 2.90 bits per heavy atom. The van der Waals surface area contributed by atoms with Crippen molar-refractivity contribution in [1.82, 2.24) is 5.32 Å². The van der Waals surface area contributed by atoms with Gasteiger partial charge >= 0.3 is 0 Å². The van der Waals surface area contributed by atoms with Crippen molar-refractivity contribution < 1.29 is 8.81 Å². The first-order chi connectivity index (χ1) is 9.78. The normalized spacial score (nSPS) is 27.6. The van der Waals surface area contributed by atoms with Gasteiger partial charge in [0.15, 0.2) is 0 Å². The Hall–Kier alpha value is -1.35. The van der Waals surface area contributed by atoms with Gasteiger partial charge in [-0.25, -0.2) is 4.39 Å². The number of benzene rings is 1. The first kappa shape index (κ1) is 12.4. The van der Waals surface area contributed by atoms with Crippen LogP contribution >= 0.6 is 0 Å². The summed E-state index contributed by atoms with van der Waals surface area (Å²) in [5.41, 5.74) is 0.791. The predicted molar refractivity (Wildman–Crippen MR) is 77.0 cm³/mol. The molecule has 0 radical (unpaired) electrons. The molecule has 1 saturated carbocycles. The van der Waals surface area contributed by atoms with Crippen LogP contribution in [-0.2, 0) is 5.54 Å². The van der Waals surface area contributed by atoms with Crippen LogP contribution in [0.4, 0.5) is 4.39 Å². The van der Waals surface area contributed by atoms with Crippen LogP contribution in [0.5, 0.6) is 0 Å². The van der Waals surface area contributed by atoms with E-state index in [1.54, 1.807) is 12.1 Å². The van der Waals surface area contributed by atoms with E-state index in [0.29, 0.717) is 5.92 Å². The number of rotatable bonds is 2. The minimum atomic E-state index is -0.195. The molecule has 1 atom stereocenters. The van der Waals surface area contributed by atoms with Crippen LogP contribution in [0.1, 0.15) is 44.3 Å². The largest absolute Gasteiger partial charge is 0.459 e. The lowest BCUT2D eigenvalue weighted by molar-refractivity contribution is 0.231. The maximum atomic E-state index is 13.4. The van der Waals surface area contributed by atoms with Crippen LogP contribution in [0.15, 0.2) is 28.7 Å². The highest BCUT2D eigenvalue weighted by Gasteiger charge is 2.48. The molecule has 1 aromatic heterocycles. The van der Waals surface area contributed by atoms with Crippen molar-refractivity contribution in [3.63, 3.8) is 0 Å². The van der Waals surface area contributed by atoms with Gasteiger partial charge in [0.05, 0.1) is 5.54 Å². The summed E-state index contributed by atoms with van der Waals surface area (Å²) in [5.74, 6) is 1.51. The summed E-state index contributed by atoms with van der Waals surface area (Å²) in [6, 6.07) is 6.83. The van der Waals surface area contributed by atoms with Gasteiger partial charge in [-0.1, -0.05) is 12.8 Å². The molecule has 1 unspecified atom stereocenters. The standard InChI is InChI=1S/C17H20FNO/c18-14-6-7-15-12(10-14)11-16(20-15)17(13-4-5-13)8-2-1-3-9-19-17/h6-7,10-11,13,19H,1-5,8-9H2. The Labute approximate surface area is 118 Å². The van der Waals surface area contributed by atoms with E-state index in [2.05, 4.69) is 11.4 Å². The highest BCUT2D eigenvalue weighted by Crippen LogP contribution is 2.50. The van der Waals surface area contributed by atoms with E-state index in [1.165, 1.54) is 38.2 Å². The molecule has 2 fully saturated rings. The number of hydrogen-bond acceptors (Lipinski definition) is 2. The maximum absolute atomic E-state index is 13.4. The van der Waals surface area contributed by atoms with Crippen molar-refractivity contribution in [1.29, 1.82) is 0 Å². The maximum Gasteiger partial charge on any atom is 0.134 e. The molecule has 1 aliphatic heterocycles. The number of nitrogens with one attached hydrogen (secondary N) is 1. The van der Waals surface area contributed by atoms with Gasteiger partial charge in [-0.2, -0.15) is 0 Å². The van der Waals surface area contributed by atoms with Gasteiger partial charge in [-0.15, -0.1) is 0 Å². The molecule has 1 N–H and O–H groups in total. The van der Waals surface area contributed by atoms with Crippen molar-refractivity contribution in [2.24, 2.45) is 5.92 Å². The Kier molecular flexibility index (Phi) is 2.84. The van der Waals surface area contributed by atoms with E-state index in [9.17, 15) is 4.39 Å². The Balaban J connectivity index is 1.80. The SMILES string of the molecule is Fc1ccc2oc(C3(C4CC4)CCCCCN3)cc2c1. The highest BCUT2D eigenvalue weighted by atomic mass is 19.1. The first-order valence-corrected chi connectivity index (χ1v) is 7.72. The minimum absolute atomic E-state index is 0.00794. The van der Waals surface area contributed by atoms with E-state index in [0.717, 1.165) is 29.7 Å². The molecule has 1 aliphatic carbocycles. The van der Waals surface area contributed by atoms with Gasteiger partial charge in [0.1, 0.15) is 17.2 Å². The molecule has 0 bridgehead atoms. The highest BCUT2D eigenvalue weighted by molar-refractivity contribution is 5.78. The van der Waals surface area contributed by atoms with E-state index < -0.39 is 0 Å². The van der Waals surface area contributed by atoms with Crippen molar-refractivity contribution in [2.45, 2.75) is 44.1 Å². The van der Waals surface area contributed by atoms with Gasteiger partial charge in [-0.3, -0.25) is 0 Å². The Bertz CT molecular complexity index is 621. The summed E-state index contributed by atoms with van der Waals surface area (Å²) in [4.78, 5) is 0. The number of halogens is 1. The zero-order valence-electron chi connectivity index (χ0n) is 11.6. The second kappa shape index (κ2) is 4.59. The molecule has 2 nitrogen and oxygen atoms in total. The van der Waals surface area contributed by atoms with Crippen LogP contribution in [-0.4, -0.2) is 6.54 Å². The fourth-order valence-corrected chi connectivity index (χ4v) is 3.68. The van der Waals surface area contributed by atoms with E-state index in [1.807, 2.05) is 0 Å². The topological polar surface area (TPSA) is 25.2 Å². The zero-order chi connectivity index (χ0) is 13.6. The van der Waals surface area contributed by atoms with Gasteiger partial charge < -0.3 is 9.73 Å². The molecule has 1 aromatic carbocycles. The number of fused-ring (bicyclic) bond motifs is 1. The zero-order valence-corrected chi connectivity index (χ0v) is 11.6. The van der Waals surface area contributed by atoms with E-state index >= 15 is 0 Å². The summed E-state index contributed by atoms with van der Waals surface area (Å²) in [6.07, 6.45) is 7.46. The van der Waals surface area contributed by atoms with Crippen LogP contribution in [0.25, 0.3) is 11.0 Å². The average Bonchev–Trinajstić information content (AvgIpc) is 3.23. The molecule has 0 amide bonds. The van der Waals surface area contributed by atoms with Crippen LogP contribution in [0.3, 0.4) is 0 Å². The van der Waals surface area contributed by atoms with Gasteiger partial charge in [0.25, 0.3) is 0 Å². The third-order valence-corrected chi connectivity index (χ3v) is 4.88. The fraction of sp³-hybridized carbons (Fsp3) is 0.529. The Morgan fingerprint density at radius 2 is 2.05 bits per heavy atom. The third-order valence-electron chi connectivity index (χ3n) is 4.88. The summed E-state index contributed by atoms with van der Waals surface area (Å²) in [7, 11) is 0. The Morgan fingerprint density at radius 1 is 1.15 bits per heavy atom. The number of furan rings is 1. The summed E-state index contributed by atoms with van der Waals surface area (Å²) >= 11 is 0. The second-order valence-electron chi connectivity index (χ2n) is 6.28. The fourth-order valence-electron chi connectivity index (χ4n) is 3.68. The van der Waals surface area contributed by atoms with Crippen molar-refractivity contribution >= 4 is 11.0 Å². The quantitative estimate of drug-likeness (QED) is 0.880. The van der Waals surface area contributed by atoms with Crippen LogP contribution in [0.2, 0.25) is 0 Å². The van der Waals surface area contributed by atoms with Crippen molar-refractivity contribution in [2.75, 3.05) is 6.54 Å². The van der Waals surface area contributed by atoms with Crippen molar-refractivity contribution in [3.8, 4) is 0 Å². The smallest absolute Gasteiger partial charge is 0.134 e. The monoisotopic (exact) mass is 273 g/mol. The number of hydrogen-bond donors (Lipinski definition) is 1. The molecule has 2 aromatic rings. The lowest BCUT2D eigenvalue weighted by atomic mass is 9.85. The predicted octanol–water partition coefficient (Wildman–Crippen LogP) is 4.34. The molecule has 3 heteroatoms. The van der Waals surface area contributed by atoms with Gasteiger partial charge in [0, 0.05) is 5.39 Å². The van der Waals surface area contributed by atoms with Gasteiger partial charge in [0.2, 0.25) is 0 Å². The molecule has 2 aliphatic rings. The molecular weight excluding hydrogens is 253 g/mol. The van der Waals surface area contributed by atoms with Crippen LogP contribution < -0.4 is 5.32 Å². The summed E-state index contributed by atoms with van der Waals surface area (Å²) in [6.45, 7) is 1.06. The molecule has 4 rings (SSSR count).